The second-order valence-corrected chi connectivity index (χ2v) is 5.43. The maximum Gasteiger partial charge on any atom is 0.262 e. The third-order valence-corrected chi connectivity index (χ3v) is 3.53. The Morgan fingerprint density at radius 3 is 2.91 bits per heavy atom. The molecule has 0 spiro atoms. The highest BCUT2D eigenvalue weighted by Gasteiger charge is 2.16. The largest absolute Gasteiger partial charge is 0.482 e. The number of rotatable bonds is 3. The quantitative estimate of drug-likeness (QED) is 0.906. The topological polar surface area (TPSA) is 67.4 Å². The predicted octanol–water partition coefficient (Wildman–Crippen LogP) is 2.99. The number of carbonyl (C=O) groups is 2. The van der Waals surface area contributed by atoms with Crippen molar-refractivity contribution in [1.82, 2.24) is 0 Å². The fourth-order valence-electron chi connectivity index (χ4n) is 2.20. The molecule has 0 bridgehead atoms. The molecule has 1 heterocycles. The van der Waals surface area contributed by atoms with Crippen LogP contribution in [0.1, 0.15) is 5.56 Å². The molecule has 0 atom stereocenters. The first-order valence-corrected chi connectivity index (χ1v) is 7.19. The van der Waals surface area contributed by atoms with Gasteiger partial charge in [-0.2, -0.15) is 0 Å². The predicted molar refractivity (Wildman–Crippen MR) is 84.3 cm³/mol. The molecule has 5 nitrogen and oxygen atoms in total. The second-order valence-electron chi connectivity index (χ2n) is 5.02. The maximum atomic E-state index is 13.1. The van der Waals surface area contributed by atoms with Crippen molar-refractivity contribution in [3.05, 3.63) is 52.8 Å². The van der Waals surface area contributed by atoms with Crippen molar-refractivity contribution in [2.24, 2.45) is 0 Å². The maximum absolute atomic E-state index is 13.1. The second kappa shape index (κ2) is 6.26. The monoisotopic (exact) mass is 334 g/mol. The lowest BCUT2D eigenvalue weighted by Crippen LogP contribution is -2.25. The summed E-state index contributed by atoms with van der Waals surface area (Å²) in [5, 5.41) is 5.26. The molecule has 3 rings (SSSR count). The summed E-state index contributed by atoms with van der Waals surface area (Å²) in [4.78, 5) is 23.3. The van der Waals surface area contributed by atoms with Crippen LogP contribution in [0.2, 0.25) is 5.02 Å². The van der Waals surface area contributed by atoms with Crippen LogP contribution in [0.4, 0.5) is 15.8 Å². The van der Waals surface area contributed by atoms with Crippen LogP contribution in [0.5, 0.6) is 5.75 Å². The number of nitrogens with one attached hydrogen (secondary N) is 2. The molecule has 0 unspecified atom stereocenters. The number of fused-ring (bicyclic) bond motifs is 1. The Kier molecular flexibility index (Phi) is 4.16. The normalized spacial score (nSPS) is 12.9. The van der Waals surface area contributed by atoms with Crippen LogP contribution >= 0.6 is 11.6 Å². The molecule has 0 radical (unpaired) electrons. The molecule has 2 N–H and O–H groups in total. The summed E-state index contributed by atoms with van der Waals surface area (Å²) in [5.41, 5.74) is 1.66. The van der Waals surface area contributed by atoms with Crippen LogP contribution in [-0.2, 0) is 16.0 Å². The Morgan fingerprint density at radius 2 is 2.13 bits per heavy atom. The van der Waals surface area contributed by atoms with Crippen LogP contribution in [0.25, 0.3) is 0 Å². The van der Waals surface area contributed by atoms with Gasteiger partial charge in [0.25, 0.3) is 5.91 Å². The standard InChI is InChI=1S/C16H12ClFN2O3/c17-11-7-10(2-3-12(11)18)19-15(21)6-9-1-4-14-13(5-9)20-16(22)8-23-14/h1-5,7H,6,8H2,(H,19,21)(H,20,22). The molecule has 118 valence electrons. The highest BCUT2D eigenvalue weighted by atomic mass is 35.5. The lowest BCUT2D eigenvalue weighted by molar-refractivity contribution is -0.118. The van der Waals surface area contributed by atoms with Gasteiger partial charge < -0.3 is 15.4 Å². The smallest absolute Gasteiger partial charge is 0.262 e. The van der Waals surface area contributed by atoms with Gasteiger partial charge >= 0.3 is 0 Å². The summed E-state index contributed by atoms with van der Waals surface area (Å²) in [5.74, 6) is -0.495. The SMILES string of the molecule is O=C(Cc1ccc2c(c1)NC(=O)CO2)Nc1ccc(F)c(Cl)c1. The number of amides is 2. The zero-order valence-electron chi connectivity index (χ0n) is 11.9. The minimum absolute atomic E-state index is 0.0157. The first kappa shape index (κ1) is 15.3. The molecule has 0 aliphatic carbocycles. The number of hydrogen-bond acceptors (Lipinski definition) is 3. The summed E-state index contributed by atoms with van der Waals surface area (Å²) in [6.45, 7) is -0.0157. The first-order chi connectivity index (χ1) is 11.0. The summed E-state index contributed by atoms with van der Waals surface area (Å²) in [6.07, 6.45) is 0.0954. The molecule has 2 aromatic carbocycles. The molecule has 1 aliphatic heterocycles. The van der Waals surface area contributed by atoms with Crippen molar-refractivity contribution in [1.29, 1.82) is 0 Å². The van der Waals surface area contributed by atoms with Gasteiger partial charge in [0.1, 0.15) is 11.6 Å². The van der Waals surface area contributed by atoms with Gasteiger partial charge in [0.15, 0.2) is 6.61 Å². The third kappa shape index (κ3) is 3.60. The van der Waals surface area contributed by atoms with Gasteiger partial charge in [-0.1, -0.05) is 17.7 Å². The summed E-state index contributed by atoms with van der Waals surface area (Å²) >= 11 is 5.67. The Bertz CT molecular complexity index is 795. The number of benzene rings is 2. The van der Waals surface area contributed by atoms with Gasteiger partial charge in [-0.05, 0) is 35.9 Å². The van der Waals surface area contributed by atoms with E-state index in [9.17, 15) is 14.0 Å². The fraction of sp³-hybridized carbons (Fsp3) is 0.125. The van der Waals surface area contributed by atoms with Crippen molar-refractivity contribution in [3.8, 4) is 5.75 Å². The average molecular weight is 335 g/mol. The van der Waals surface area contributed by atoms with Crippen molar-refractivity contribution < 1.29 is 18.7 Å². The highest BCUT2D eigenvalue weighted by Crippen LogP contribution is 2.28. The van der Waals surface area contributed by atoms with Crippen LogP contribution < -0.4 is 15.4 Å². The van der Waals surface area contributed by atoms with Crippen LogP contribution in [0.15, 0.2) is 36.4 Å². The Morgan fingerprint density at radius 1 is 1.30 bits per heavy atom. The van der Waals surface area contributed by atoms with E-state index in [4.69, 9.17) is 16.3 Å². The molecule has 0 saturated carbocycles. The lowest BCUT2D eigenvalue weighted by Gasteiger charge is -2.18. The van der Waals surface area contributed by atoms with E-state index in [0.29, 0.717) is 22.7 Å². The molecular weight excluding hydrogens is 323 g/mol. The lowest BCUT2D eigenvalue weighted by atomic mass is 10.1. The number of carbonyl (C=O) groups excluding carboxylic acids is 2. The zero-order chi connectivity index (χ0) is 16.4. The van der Waals surface area contributed by atoms with Gasteiger partial charge in [0.2, 0.25) is 5.91 Å². The van der Waals surface area contributed by atoms with Gasteiger partial charge in [-0.15, -0.1) is 0 Å². The van der Waals surface area contributed by atoms with E-state index >= 15 is 0 Å². The Balaban J connectivity index is 1.69. The van der Waals surface area contributed by atoms with Gasteiger partial charge in [-0.3, -0.25) is 9.59 Å². The summed E-state index contributed by atoms with van der Waals surface area (Å²) in [6, 6.07) is 9.09. The summed E-state index contributed by atoms with van der Waals surface area (Å²) in [7, 11) is 0. The summed E-state index contributed by atoms with van der Waals surface area (Å²) < 4.78 is 18.3. The molecule has 23 heavy (non-hydrogen) atoms. The van der Waals surface area contributed by atoms with Crippen LogP contribution in [0, 0.1) is 5.82 Å². The molecule has 2 amide bonds. The van der Waals surface area contributed by atoms with Gasteiger partial charge in [-0.25, -0.2) is 4.39 Å². The van der Waals surface area contributed by atoms with E-state index in [1.807, 2.05) is 0 Å². The van der Waals surface area contributed by atoms with Crippen molar-refractivity contribution in [3.63, 3.8) is 0 Å². The molecular formula is C16H12ClFN2O3. The fourth-order valence-corrected chi connectivity index (χ4v) is 2.39. The zero-order valence-corrected chi connectivity index (χ0v) is 12.6. The van der Waals surface area contributed by atoms with Crippen molar-refractivity contribution >= 4 is 34.8 Å². The molecule has 1 aliphatic rings. The molecule has 0 saturated heterocycles. The van der Waals surface area contributed by atoms with Crippen LogP contribution in [-0.4, -0.2) is 18.4 Å². The Labute approximate surface area is 136 Å². The average Bonchev–Trinajstić information content (AvgIpc) is 2.50. The molecule has 7 heteroatoms. The minimum atomic E-state index is -0.546. The minimum Gasteiger partial charge on any atom is -0.482 e. The number of ether oxygens (including phenoxy) is 1. The van der Waals surface area contributed by atoms with E-state index in [1.165, 1.54) is 18.2 Å². The molecule has 0 fully saturated rings. The van der Waals surface area contributed by atoms with Gasteiger partial charge in [0.05, 0.1) is 17.1 Å². The van der Waals surface area contributed by atoms with Crippen molar-refractivity contribution in [2.45, 2.75) is 6.42 Å². The van der Waals surface area contributed by atoms with E-state index in [-0.39, 0.29) is 29.9 Å². The highest BCUT2D eigenvalue weighted by molar-refractivity contribution is 6.31. The van der Waals surface area contributed by atoms with Gasteiger partial charge in [0, 0.05) is 5.69 Å². The van der Waals surface area contributed by atoms with E-state index in [0.717, 1.165) is 0 Å². The Hall–Kier alpha value is -2.60. The number of anilines is 2. The third-order valence-electron chi connectivity index (χ3n) is 3.24. The number of halogens is 2. The molecule has 2 aromatic rings. The van der Waals surface area contributed by atoms with Crippen LogP contribution in [0.3, 0.4) is 0 Å². The number of hydrogen-bond donors (Lipinski definition) is 2. The van der Waals surface area contributed by atoms with E-state index in [2.05, 4.69) is 10.6 Å². The van der Waals surface area contributed by atoms with E-state index < -0.39 is 5.82 Å². The van der Waals surface area contributed by atoms with E-state index in [1.54, 1.807) is 18.2 Å². The molecule has 0 aromatic heterocycles. The van der Waals surface area contributed by atoms with Crippen molar-refractivity contribution in [2.75, 3.05) is 17.2 Å². The first-order valence-electron chi connectivity index (χ1n) is 6.82.